The van der Waals surface area contributed by atoms with Gasteiger partial charge in [0.15, 0.2) is 5.69 Å². The van der Waals surface area contributed by atoms with Crippen LogP contribution in [-0.2, 0) is 11.3 Å². The Hall–Kier alpha value is -3.75. The molecule has 0 amide bonds. The number of nitrogens with zero attached hydrogens (tertiary/aromatic N) is 3. The van der Waals surface area contributed by atoms with Gasteiger partial charge in [0.05, 0.1) is 22.9 Å². The number of nitrogens with one attached hydrogen (secondary N) is 1. The maximum absolute atomic E-state index is 13.4. The zero-order chi connectivity index (χ0) is 19.8. The molecule has 8 nitrogen and oxygen atoms in total. The van der Waals surface area contributed by atoms with Crippen molar-refractivity contribution >= 4 is 17.3 Å². The molecule has 9 heteroatoms. The summed E-state index contributed by atoms with van der Waals surface area (Å²) < 4.78 is 20.0. The molecule has 3 aromatic rings. The highest BCUT2D eigenvalue weighted by molar-refractivity contribution is 5.94. The fourth-order valence-electron chi connectivity index (χ4n) is 3.21. The number of halogens is 1. The van der Waals surface area contributed by atoms with E-state index in [2.05, 4.69) is 10.4 Å². The molecule has 142 valence electrons. The summed E-state index contributed by atoms with van der Waals surface area (Å²) in [6, 6.07) is 10.1. The van der Waals surface area contributed by atoms with Gasteiger partial charge in [0.2, 0.25) is 0 Å². The van der Waals surface area contributed by atoms with E-state index in [4.69, 9.17) is 4.74 Å². The lowest BCUT2D eigenvalue weighted by molar-refractivity contribution is -0.384. The van der Waals surface area contributed by atoms with Crippen molar-refractivity contribution < 1.29 is 18.8 Å². The number of benzene rings is 2. The number of anilines is 1. The summed E-state index contributed by atoms with van der Waals surface area (Å²) in [5.41, 5.74) is 2.86. The Labute approximate surface area is 158 Å². The normalized spacial score (nSPS) is 11.9. The highest BCUT2D eigenvalue weighted by Gasteiger charge is 2.30. The van der Waals surface area contributed by atoms with Crippen LogP contribution in [0.1, 0.15) is 23.0 Å². The van der Waals surface area contributed by atoms with Crippen LogP contribution >= 0.6 is 0 Å². The molecular formula is C19H15FN4O4. The number of nitro groups is 1. The molecule has 28 heavy (non-hydrogen) atoms. The topological polar surface area (TPSA) is 99.3 Å². The second-order valence-corrected chi connectivity index (χ2v) is 6.13. The number of carbonyl (C=O) groups is 1. The Morgan fingerprint density at radius 3 is 2.75 bits per heavy atom. The fourth-order valence-corrected chi connectivity index (χ4v) is 3.21. The Kier molecular flexibility index (Phi) is 4.26. The summed E-state index contributed by atoms with van der Waals surface area (Å²) in [5, 5.41) is 18.8. The van der Waals surface area contributed by atoms with E-state index in [1.54, 1.807) is 13.0 Å². The van der Waals surface area contributed by atoms with Crippen LogP contribution in [0, 0.1) is 15.9 Å². The first kappa shape index (κ1) is 17.7. The lowest BCUT2D eigenvalue weighted by atomic mass is 9.98. The molecule has 0 fully saturated rings. The summed E-state index contributed by atoms with van der Waals surface area (Å²) >= 11 is 0. The quantitative estimate of drug-likeness (QED) is 0.420. The smallest absolute Gasteiger partial charge is 0.359 e. The Morgan fingerprint density at radius 1 is 1.32 bits per heavy atom. The first-order chi connectivity index (χ1) is 13.5. The van der Waals surface area contributed by atoms with E-state index in [-0.39, 0.29) is 18.0 Å². The van der Waals surface area contributed by atoms with Crippen molar-refractivity contribution in [3.63, 3.8) is 0 Å². The molecule has 0 saturated heterocycles. The maximum Gasteiger partial charge on any atom is 0.359 e. The third kappa shape index (κ3) is 2.86. The SMILES string of the molecule is CCOC(=O)c1nn(-c2ccc(F)cc2)c2c1CNc1ccc([N+](=O)[O-])cc1-2. The minimum Gasteiger partial charge on any atom is -0.461 e. The average molecular weight is 382 g/mol. The lowest BCUT2D eigenvalue weighted by Crippen LogP contribution is -2.13. The fraction of sp³-hybridized carbons (Fsp3) is 0.158. The molecular weight excluding hydrogens is 367 g/mol. The molecule has 1 aliphatic heterocycles. The molecule has 2 heterocycles. The molecule has 0 aliphatic carbocycles. The van der Waals surface area contributed by atoms with E-state index < -0.39 is 16.7 Å². The van der Waals surface area contributed by atoms with Crippen LogP contribution < -0.4 is 5.32 Å². The second-order valence-electron chi connectivity index (χ2n) is 6.13. The molecule has 1 aliphatic rings. The molecule has 1 N–H and O–H groups in total. The van der Waals surface area contributed by atoms with E-state index in [0.717, 1.165) is 0 Å². The first-order valence-electron chi connectivity index (χ1n) is 8.57. The van der Waals surface area contributed by atoms with Crippen molar-refractivity contribution in [2.24, 2.45) is 0 Å². The maximum atomic E-state index is 13.4. The standard InChI is InChI=1S/C19H15FN4O4/c1-2-28-19(25)17-15-10-21-16-8-7-13(24(26)27)9-14(16)18(15)23(22-17)12-5-3-11(20)4-6-12/h3-9,21H,2,10H2,1H3. The summed E-state index contributed by atoms with van der Waals surface area (Å²) in [7, 11) is 0. The van der Waals surface area contributed by atoms with Gasteiger partial charge in [0.1, 0.15) is 5.82 Å². The van der Waals surface area contributed by atoms with Gasteiger partial charge in [0, 0.05) is 35.5 Å². The van der Waals surface area contributed by atoms with Crippen molar-refractivity contribution in [1.29, 1.82) is 0 Å². The van der Waals surface area contributed by atoms with Crippen molar-refractivity contribution in [2.45, 2.75) is 13.5 Å². The highest BCUT2D eigenvalue weighted by Crippen LogP contribution is 2.40. The van der Waals surface area contributed by atoms with Crippen molar-refractivity contribution in [2.75, 3.05) is 11.9 Å². The number of hydrogen-bond donors (Lipinski definition) is 1. The van der Waals surface area contributed by atoms with Gasteiger partial charge in [-0.2, -0.15) is 5.10 Å². The number of fused-ring (bicyclic) bond motifs is 3. The molecule has 0 spiro atoms. The largest absolute Gasteiger partial charge is 0.461 e. The van der Waals surface area contributed by atoms with Crippen molar-refractivity contribution in [3.05, 3.63) is 69.7 Å². The molecule has 2 aromatic carbocycles. The van der Waals surface area contributed by atoms with Crippen LogP contribution in [0.4, 0.5) is 15.8 Å². The first-order valence-corrected chi connectivity index (χ1v) is 8.57. The molecule has 0 bridgehead atoms. The van der Waals surface area contributed by atoms with E-state index in [0.29, 0.717) is 34.7 Å². The van der Waals surface area contributed by atoms with E-state index in [1.807, 2.05) is 0 Å². The molecule has 4 rings (SSSR count). The number of esters is 1. The van der Waals surface area contributed by atoms with E-state index >= 15 is 0 Å². The van der Waals surface area contributed by atoms with Gasteiger partial charge in [-0.1, -0.05) is 0 Å². The molecule has 0 radical (unpaired) electrons. The van der Waals surface area contributed by atoms with E-state index in [1.165, 1.54) is 41.1 Å². The summed E-state index contributed by atoms with van der Waals surface area (Å²) in [5.74, 6) is -0.997. The minimum absolute atomic E-state index is 0.0852. The Balaban J connectivity index is 1.98. The van der Waals surface area contributed by atoms with Crippen LogP contribution in [0.2, 0.25) is 0 Å². The number of nitro benzene ring substituents is 1. The number of hydrogen-bond acceptors (Lipinski definition) is 6. The molecule has 0 saturated carbocycles. The van der Waals surface area contributed by atoms with Crippen LogP contribution in [0.25, 0.3) is 16.9 Å². The van der Waals surface area contributed by atoms with Gasteiger partial charge in [-0.3, -0.25) is 10.1 Å². The minimum atomic E-state index is -0.588. The lowest BCUT2D eigenvalue weighted by Gasteiger charge is -2.20. The van der Waals surface area contributed by atoms with Gasteiger partial charge >= 0.3 is 5.97 Å². The Bertz CT molecular complexity index is 1090. The zero-order valence-corrected chi connectivity index (χ0v) is 14.8. The van der Waals surface area contributed by atoms with Crippen LogP contribution in [0.5, 0.6) is 0 Å². The molecule has 0 unspecified atom stereocenters. The van der Waals surface area contributed by atoms with Crippen molar-refractivity contribution in [3.8, 4) is 16.9 Å². The third-order valence-electron chi connectivity index (χ3n) is 4.45. The highest BCUT2D eigenvalue weighted by atomic mass is 19.1. The number of ether oxygens (including phenoxy) is 1. The number of non-ortho nitro benzene ring substituents is 1. The average Bonchev–Trinajstić information content (AvgIpc) is 3.08. The summed E-state index contributed by atoms with van der Waals surface area (Å²) in [6.45, 7) is 2.18. The van der Waals surface area contributed by atoms with E-state index in [9.17, 15) is 19.3 Å². The molecule has 0 atom stereocenters. The summed E-state index contributed by atoms with van der Waals surface area (Å²) in [4.78, 5) is 23.2. The summed E-state index contributed by atoms with van der Waals surface area (Å²) in [6.07, 6.45) is 0. The zero-order valence-electron chi connectivity index (χ0n) is 14.8. The van der Waals surface area contributed by atoms with Gasteiger partial charge in [-0.15, -0.1) is 0 Å². The third-order valence-corrected chi connectivity index (χ3v) is 4.45. The second kappa shape index (κ2) is 6.76. The number of carbonyl (C=O) groups excluding carboxylic acids is 1. The predicted octanol–water partition coefficient (Wildman–Crippen LogP) is 3.69. The number of rotatable bonds is 4. The van der Waals surface area contributed by atoms with Gasteiger partial charge in [-0.05, 0) is 37.3 Å². The van der Waals surface area contributed by atoms with Crippen LogP contribution in [0.3, 0.4) is 0 Å². The van der Waals surface area contributed by atoms with Crippen LogP contribution in [-0.4, -0.2) is 27.3 Å². The molecule has 1 aromatic heterocycles. The van der Waals surface area contributed by atoms with Gasteiger partial charge < -0.3 is 10.1 Å². The monoisotopic (exact) mass is 382 g/mol. The van der Waals surface area contributed by atoms with Crippen LogP contribution in [0.15, 0.2) is 42.5 Å². The van der Waals surface area contributed by atoms with Crippen molar-refractivity contribution in [1.82, 2.24) is 9.78 Å². The Morgan fingerprint density at radius 2 is 2.07 bits per heavy atom. The number of aromatic nitrogens is 2. The van der Waals surface area contributed by atoms with Gasteiger partial charge in [-0.25, -0.2) is 13.9 Å². The predicted molar refractivity (Wildman–Crippen MR) is 98.9 cm³/mol. The van der Waals surface area contributed by atoms with Gasteiger partial charge in [0.25, 0.3) is 5.69 Å².